The van der Waals surface area contributed by atoms with Crippen molar-refractivity contribution in [2.24, 2.45) is 11.7 Å². The molecular weight excluding hydrogens is 317 g/mol. The smallest absolute Gasteiger partial charge is 0.384 e. The van der Waals surface area contributed by atoms with Crippen molar-refractivity contribution >= 4 is 23.2 Å². The zero-order valence-corrected chi connectivity index (χ0v) is 13.5. The second-order valence-corrected chi connectivity index (χ2v) is 6.45. The van der Waals surface area contributed by atoms with Crippen LogP contribution in [-0.4, -0.2) is 18.3 Å². The van der Waals surface area contributed by atoms with Crippen LogP contribution in [0.4, 0.5) is 18.9 Å². The Morgan fingerprint density at radius 1 is 1.32 bits per heavy atom. The molecule has 3 N–H and O–H groups in total. The molecule has 0 heterocycles. The van der Waals surface area contributed by atoms with Crippen LogP contribution in [0.25, 0.3) is 0 Å². The van der Waals surface area contributed by atoms with Crippen molar-refractivity contribution in [2.75, 3.05) is 17.7 Å². The summed E-state index contributed by atoms with van der Waals surface area (Å²) in [6, 6.07) is 4.13. The molecule has 0 saturated heterocycles. The summed E-state index contributed by atoms with van der Waals surface area (Å²) in [6.07, 6.45) is -4.49. The molecule has 22 heavy (non-hydrogen) atoms. The molecule has 0 radical (unpaired) electrons. The molecular formula is C15H20ClF3N2O. The van der Waals surface area contributed by atoms with Crippen molar-refractivity contribution in [1.82, 2.24) is 0 Å². The van der Waals surface area contributed by atoms with E-state index in [-0.39, 0.29) is 18.1 Å². The number of nitrogens with two attached hydrogens (primary N) is 1. The summed E-state index contributed by atoms with van der Waals surface area (Å²) in [4.78, 5) is 11.1. The highest BCUT2D eigenvalue weighted by atomic mass is 35.5. The fraction of sp³-hybridized carbons (Fsp3) is 0.533. The summed E-state index contributed by atoms with van der Waals surface area (Å²) in [7, 11) is 0. The number of halogens is 4. The number of alkyl halides is 4. The molecule has 0 aromatic heterocycles. The summed E-state index contributed by atoms with van der Waals surface area (Å²) < 4.78 is 39.7. The molecule has 124 valence electrons. The number of rotatable bonds is 5. The van der Waals surface area contributed by atoms with E-state index in [4.69, 9.17) is 17.3 Å². The number of hydrogen-bond acceptors (Lipinski definition) is 2. The van der Waals surface area contributed by atoms with Gasteiger partial charge in [-0.15, -0.1) is 11.6 Å². The number of carbonyl (C=O) groups is 1. The molecule has 0 spiro atoms. The van der Waals surface area contributed by atoms with Gasteiger partial charge in [0, 0.05) is 18.1 Å². The largest absolute Gasteiger partial charge is 0.418 e. The lowest BCUT2D eigenvalue weighted by Crippen LogP contribution is -2.31. The molecule has 0 bridgehead atoms. The standard InChI is InChI=1S/C15H20ClF3N2O/c1-14(2,3)10-4-5-12(11(6-10)15(17,18)19)21-8-9(7-16)13(20)22/h4-6,9,21H,7-8H2,1-3H3,(H2,20,22). The van der Waals surface area contributed by atoms with Gasteiger partial charge in [0.1, 0.15) is 0 Å². The van der Waals surface area contributed by atoms with E-state index in [0.717, 1.165) is 6.07 Å². The van der Waals surface area contributed by atoms with Crippen LogP contribution < -0.4 is 11.1 Å². The van der Waals surface area contributed by atoms with Crippen LogP contribution in [0.15, 0.2) is 18.2 Å². The molecule has 1 amide bonds. The number of hydrogen-bond donors (Lipinski definition) is 2. The summed E-state index contributed by atoms with van der Waals surface area (Å²) in [6.45, 7) is 5.47. The molecule has 1 atom stereocenters. The van der Waals surface area contributed by atoms with E-state index in [1.807, 2.05) is 20.8 Å². The quantitative estimate of drug-likeness (QED) is 0.804. The first kappa shape index (κ1) is 18.6. The van der Waals surface area contributed by atoms with Gasteiger partial charge in [-0.05, 0) is 23.1 Å². The fourth-order valence-electron chi connectivity index (χ4n) is 1.86. The fourth-order valence-corrected chi connectivity index (χ4v) is 2.12. The lowest BCUT2D eigenvalue weighted by Gasteiger charge is -2.23. The third kappa shape index (κ3) is 4.80. The molecule has 7 heteroatoms. The lowest BCUT2D eigenvalue weighted by atomic mass is 9.85. The Morgan fingerprint density at radius 2 is 1.91 bits per heavy atom. The van der Waals surface area contributed by atoms with Crippen LogP contribution >= 0.6 is 11.6 Å². The van der Waals surface area contributed by atoms with E-state index in [1.165, 1.54) is 6.07 Å². The Labute approximate surface area is 133 Å². The summed E-state index contributed by atoms with van der Waals surface area (Å²) in [5, 5.41) is 2.63. The van der Waals surface area contributed by atoms with E-state index < -0.39 is 29.0 Å². The minimum Gasteiger partial charge on any atom is -0.384 e. The van der Waals surface area contributed by atoms with Crippen molar-refractivity contribution in [3.63, 3.8) is 0 Å². The van der Waals surface area contributed by atoms with Crippen LogP contribution in [0, 0.1) is 5.92 Å². The second-order valence-electron chi connectivity index (χ2n) is 6.14. The van der Waals surface area contributed by atoms with Crippen LogP contribution in [0.2, 0.25) is 0 Å². The van der Waals surface area contributed by atoms with Crippen molar-refractivity contribution in [1.29, 1.82) is 0 Å². The zero-order chi connectivity index (χ0) is 17.1. The number of primary amides is 1. The topological polar surface area (TPSA) is 55.1 Å². The van der Waals surface area contributed by atoms with Gasteiger partial charge in [0.2, 0.25) is 5.91 Å². The summed E-state index contributed by atoms with van der Waals surface area (Å²) in [5.74, 6) is -1.43. The Kier molecular flexibility index (Phi) is 5.73. The average molecular weight is 337 g/mol. The van der Waals surface area contributed by atoms with E-state index in [2.05, 4.69) is 5.32 Å². The normalized spacial score (nSPS) is 13.8. The van der Waals surface area contributed by atoms with Gasteiger partial charge >= 0.3 is 6.18 Å². The minimum atomic E-state index is -4.49. The molecule has 0 aliphatic rings. The van der Waals surface area contributed by atoms with Crippen molar-refractivity contribution in [3.05, 3.63) is 29.3 Å². The molecule has 1 unspecified atom stereocenters. The molecule has 1 rings (SSSR count). The molecule has 0 fully saturated rings. The van der Waals surface area contributed by atoms with Gasteiger partial charge in [-0.3, -0.25) is 4.79 Å². The summed E-state index contributed by atoms with van der Waals surface area (Å²) in [5.41, 5.74) is 4.46. The van der Waals surface area contributed by atoms with Crippen LogP contribution in [-0.2, 0) is 16.4 Å². The molecule has 1 aromatic carbocycles. The van der Waals surface area contributed by atoms with Gasteiger partial charge < -0.3 is 11.1 Å². The van der Waals surface area contributed by atoms with Crippen molar-refractivity contribution in [3.8, 4) is 0 Å². The third-order valence-corrected chi connectivity index (χ3v) is 3.69. The third-order valence-electron chi connectivity index (χ3n) is 3.32. The van der Waals surface area contributed by atoms with Gasteiger partial charge in [0.25, 0.3) is 0 Å². The Morgan fingerprint density at radius 3 is 2.32 bits per heavy atom. The van der Waals surface area contributed by atoms with Gasteiger partial charge in [-0.1, -0.05) is 26.8 Å². The molecule has 0 aliphatic heterocycles. The number of benzene rings is 1. The predicted octanol–water partition coefficient (Wildman–Crippen LogP) is 3.76. The highest BCUT2D eigenvalue weighted by Gasteiger charge is 2.35. The average Bonchev–Trinajstić information content (AvgIpc) is 2.36. The monoisotopic (exact) mass is 336 g/mol. The maximum absolute atomic E-state index is 13.2. The molecule has 1 aromatic rings. The van der Waals surface area contributed by atoms with Crippen LogP contribution in [0.1, 0.15) is 31.9 Å². The molecule has 0 saturated carbocycles. The van der Waals surface area contributed by atoms with Crippen LogP contribution in [0.5, 0.6) is 0 Å². The van der Waals surface area contributed by atoms with E-state index in [9.17, 15) is 18.0 Å². The first-order valence-corrected chi connectivity index (χ1v) is 7.31. The Hall–Kier alpha value is -1.43. The van der Waals surface area contributed by atoms with Gasteiger partial charge in [-0.2, -0.15) is 13.2 Å². The number of carbonyl (C=O) groups excluding carboxylic acids is 1. The Bertz CT molecular complexity index is 539. The lowest BCUT2D eigenvalue weighted by molar-refractivity contribution is -0.137. The number of nitrogens with one attached hydrogen (secondary N) is 1. The first-order chi connectivity index (χ1) is 9.96. The molecule has 0 aliphatic carbocycles. The van der Waals surface area contributed by atoms with Crippen LogP contribution in [0.3, 0.4) is 0 Å². The zero-order valence-electron chi connectivity index (χ0n) is 12.7. The van der Waals surface area contributed by atoms with Gasteiger partial charge in [-0.25, -0.2) is 0 Å². The highest BCUT2D eigenvalue weighted by molar-refractivity contribution is 6.19. The summed E-state index contributed by atoms with van der Waals surface area (Å²) >= 11 is 5.58. The van der Waals surface area contributed by atoms with Gasteiger partial charge in [0.15, 0.2) is 0 Å². The first-order valence-electron chi connectivity index (χ1n) is 6.77. The van der Waals surface area contributed by atoms with Crippen molar-refractivity contribution < 1.29 is 18.0 Å². The maximum Gasteiger partial charge on any atom is 0.418 e. The SMILES string of the molecule is CC(C)(C)c1ccc(NCC(CCl)C(N)=O)c(C(F)(F)F)c1. The van der Waals surface area contributed by atoms with E-state index >= 15 is 0 Å². The highest BCUT2D eigenvalue weighted by Crippen LogP contribution is 2.37. The van der Waals surface area contributed by atoms with E-state index in [0.29, 0.717) is 5.56 Å². The Balaban J connectivity index is 3.12. The minimum absolute atomic E-state index is 0.0449. The van der Waals surface area contributed by atoms with Gasteiger partial charge in [0.05, 0.1) is 11.5 Å². The number of amides is 1. The van der Waals surface area contributed by atoms with Crippen molar-refractivity contribution in [2.45, 2.75) is 32.4 Å². The second kappa shape index (κ2) is 6.77. The predicted molar refractivity (Wildman–Crippen MR) is 82.0 cm³/mol. The van der Waals surface area contributed by atoms with E-state index in [1.54, 1.807) is 6.07 Å². The maximum atomic E-state index is 13.2. The number of anilines is 1. The molecule has 3 nitrogen and oxygen atoms in total.